The zero-order valence-corrected chi connectivity index (χ0v) is 13.9. The lowest BCUT2D eigenvalue weighted by Crippen LogP contribution is -2.53. The Balaban J connectivity index is 1.47. The Kier molecular flexibility index (Phi) is 4.87. The Hall–Kier alpha value is -1.60. The van der Waals surface area contributed by atoms with Crippen LogP contribution in [0.2, 0.25) is 0 Å². The minimum Gasteiger partial charge on any atom is -0.465 e. The Morgan fingerprint density at radius 3 is 2.48 bits per heavy atom. The van der Waals surface area contributed by atoms with Crippen molar-refractivity contribution in [2.75, 3.05) is 37.7 Å². The van der Waals surface area contributed by atoms with Crippen LogP contribution in [0.15, 0.2) is 28.9 Å². The zero-order chi connectivity index (χ0) is 16.3. The van der Waals surface area contributed by atoms with Crippen LogP contribution in [0.5, 0.6) is 0 Å². The van der Waals surface area contributed by atoms with Gasteiger partial charge in [0, 0.05) is 38.3 Å². The predicted octanol–water partition coefficient (Wildman–Crippen LogP) is 1.01. The fourth-order valence-corrected chi connectivity index (χ4v) is 4.66. The number of hydrogen-bond acceptors (Lipinski definition) is 5. The third-order valence-corrected chi connectivity index (χ3v) is 6.32. The van der Waals surface area contributed by atoms with E-state index < -0.39 is 9.84 Å². The summed E-state index contributed by atoms with van der Waals surface area (Å²) in [5, 5.41) is 0. The first-order chi connectivity index (χ1) is 11.0. The third-order valence-electron chi connectivity index (χ3n) is 4.60. The fourth-order valence-electron chi connectivity index (χ4n) is 3.20. The quantitative estimate of drug-likeness (QED) is 0.770. The third kappa shape index (κ3) is 4.23. The minimum absolute atomic E-state index is 0.00716. The maximum Gasteiger partial charge on any atom is 0.246 e. The van der Waals surface area contributed by atoms with Gasteiger partial charge in [0.2, 0.25) is 5.91 Å². The van der Waals surface area contributed by atoms with Crippen molar-refractivity contribution >= 4 is 21.8 Å². The molecule has 0 aliphatic carbocycles. The summed E-state index contributed by atoms with van der Waals surface area (Å²) in [5.41, 5.74) is 0. The monoisotopic (exact) mass is 338 g/mol. The van der Waals surface area contributed by atoms with Crippen LogP contribution < -0.4 is 0 Å². The number of hydrogen-bond donors (Lipinski definition) is 0. The lowest BCUT2D eigenvalue weighted by molar-refractivity contribution is -0.128. The lowest BCUT2D eigenvalue weighted by atomic mass is 10.1. The molecule has 23 heavy (non-hydrogen) atoms. The number of nitrogens with zero attached hydrogens (tertiary/aromatic N) is 2. The molecule has 0 saturated carbocycles. The highest BCUT2D eigenvalue weighted by atomic mass is 32.2. The van der Waals surface area contributed by atoms with Gasteiger partial charge < -0.3 is 9.32 Å². The maximum atomic E-state index is 12.2. The van der Waals surface area contributed by atoms with E-state index in [4.69, 9.17) is 4.42 Å². The average molecular weight is 338 g/mol. The van der Waals surface area contributed by atoms with Gasteiger partial charge in [-0.2, -0.15) is 0 Å². The van der Waals surface area contributed by atoms with E-state index in [-0.39, 0.29) is 5.91 Å². The van der Waals surface area contributed by atoms with E-state index in [1.165, 1.54) is 0 Å². The summed E-state index contributed by atoms with van der Waals surface area (Å²) >= 11 is 0. The van der Waals surface area contributed by atoms with Crippen molar-refractivity contribution in [3.8, 4) is 0 Å². The Morgan fingerprint density at radius 2 is 1.87 bits per heavy atom. The molecule has 0 atom stereocenters. The van der Waals surface area contributed by atoms with Gasteiger partial charge in [-0.25, -0.2) is 8.42 Å². The fraction of sp³-hybridized carbons (Fsp3) is 0.562. The molecule has 1 amide bonds. The van der Waals surface area contributed by atoms with Crippen molar-refractivity contribution in [1.29, 1.82) is 0 Å². The van der Waals surface area contributed by atoms with E-state index in [0.29, 0.717) is 49.2 Å². The van der Waals surface area contributed by atoms with E-state index in [9.17, 15) is 13.2 Å². The van der Waals surface area contributed by atoms with Crippen molar-refractivity contribution in [2.45, 2.75) is 18.9 Å². The summed E-state index contributed by atoms with van der Waals surface area (Å²) in [6.45, 7) is 2.99. The van der Waals surface area contributed by atoms with Gasteiger partial charge in [-0.1, -0.05) is 0 Å². The summed E-state index contributed by atoms with van der Waals surface area (Å²) in [7, 11) is -2.82. The van der Waals surface area contributed by atoms with Gasteiger partial charge in [0.15, 0.2) is 0 Å². The molecule has 3 heterocycles. The first-order valence-electron chi connectivity index (χ1n) is 7.98. The molecule has 126 valence electrons. The molecule has 0 N–H and O–H groups in total. The van der Waals surface area contributed by atoms with Gasteiger partial charge in [-0.05, 0) is 31.1 Å². The van der Waals surface area contributed by atoms with Gasteiger partial charge >= 0.3 is 0 Å². The highest BCUT2D eigenvalue weighted by molar-refractivity contribution is 7.91. The second kappa shape index (κ2) is 6.88. The molecule has 6 nitrogen and oxygen atoms in total. The Labute approximate surface area is 136 Å². The number of amides is 1. The SMILES string of the molecule is O=C(/C=C/c1ccco1)N1CCN(C2CCS(=O)(=O)CC2)CC1. The molecule has 2 saturated heterocycles. The standard InChI is InChI=1S/C16H22N2O4S/c19-16(4-3-15-2-1-11-22-15)18-9-7-17(8-10-18)14-5-12-23(20,21)13-6-14/h1-4,11,14H,5-10,12-13H2/b4-3+. The van der Waals surface area contributed by atoms with Gasteiger partial charge in [-0.15, -0.1) is 0 Å². The first-order valence-corrected chi connectivity index (χ1v) is 9.81. The Morgan fingerprint density at radius 1 is 1.17 bits per heavy atom. The van der Waals surface area contributed by atoms with E-state index in [1.54, 1.807) is 30.5 Å². The van der Waals surface area contributed by atoms with Gasteiger partial charge in [0.1, 0.15) is 15.6 Å². The van der Waals surface area contributed by atoms with Crippen molar-refractivity contribution in [2.24, 2.45) is 0 Å². The molecule has 3 rings (SSSR count). The van der Waals surface area contributed by atoms with Crippen LogP contribution in [0.3, 0.4) is 0 Å². The van der Waals surface area contributed by atoms with Crippen LogP contribution in [0.25, 0.3) is 6.08 Å². The summed E-state index contributed by atoms with van der Waals surface area (Å²) in [4.78, 5) is 16.3. The number of rotatable bonds is 3. The summed E-state index contributed by atoms with van der Waals surface area (Å²) in [6.07, 6.45) is 6.24. The molecule has 0 unspecified atom stereocenters. The van der Waals surface area contributed by atoms with Gasteiger partial charge in [0.05, 0.1) is 17.8 Å². The second-order valence-corrected chi connectivity index (χ2v) is 8.40. The molecule has 0 radical (unpaired) electrons. The van der Waals surface area contributed by atoms with Crippen LogP contribution in [0, 0.1) is 0 Å². The molecule has 0 spiro atoms. The average Bonchev–Trinajstić information content (AvgIpc) is 3.06. The molecule has 2 fully saturated rings. The number of carbonyl (C=O) groups excluding carboxylic acids is 1. The molecule has 1 aromatic heterocycles. The topological polar surface area (TPSA) is 70.8 Å². The largest absolute Gasteiger partial charge is 0.465 e. The minimum atomic E-state index is -2.82. The zero-order valence-electron chi connectivity index (χ0n) is 13.1. The molecule has 0 bridgehead atoms. The molecule has 1 aromatic rings. The van der Waals surface area contributed by atoms with E-state index in [0.717, 1.165) is 13.1 Å². The predicted molar refractivity (Wildman–Crippen MR) is 87.6 cm³/mol. The van der Waals surface area contributed by atoms with Gasteiger partial charge in [0.25, 0.3) is 0 Å². The van der Waals surface area contributed by atoms with Crippen molar-refractivity contribution in [3.63, 3.8) is 0 Å². The summed E-state index contributed by atoms with van der Waals surface area (Å²) in [5.74, 6) is 1.25. The van der Waals surface area contributed by atoms with Crippen LogP contribution in [-0.2, 0) is 14.6 Å². The maximum absolute atomic E-state index is 12.2. The van der Waals surface area contributed by atoms with Crippen LogP contribution in [0.1, 0.15) is 18.6 Å². The lowest BCUT2D eigenvalue weighted by Gasteiger charge is -2.40. The van der Waals surface area contributed by atoms with E-state index in [2.05, 4.69) is 4.90 Å². The molecule has 2 aliphatic rings. The van der Waals surface area contributed by atoms with Crippen molar-refractivity contribution < 1.29 is 17.6 Å². The Bertz CT molecular complexity index is 644. The first kappa shape index (κ1) is 16.3. The van der Waals surface area contributed by atoms with Crippen LogP contribution >= 0.6 is 0 Å². The highest BCUT2D eigenvalue weighted by Crippen LogP contribution is 2.19. The van der Waals surface area contributed by atoms with E-state index >= 15 is 0 Å². The summed E-state index contributed by atoms with van der Waals surface area (Å²) in [6, 6.07) is 3.93. The molecular formula is C16H22N2O4S. The van der Waals surface area contributed by atoms with Crippen molar-refractivity contribution in [3.05, 3.63) is 30.2 Å². The smallest absolute Gasteiger partial charge is 0.246 e. The molecule has 7 heteroatoms. The van der Waals surface area contributed by atoms with Crippen LogP contribution in [0.4, 0.5) is 0 Å². The molecular weight excluding hydrogens is 316 g/mol. The molecule has 2 aliphatic heterocycles. The van der Waals surface area contributed by atoms with E-state index in [1.807, 2.05) is 4.90 Å². The highest BCUT2D eigenvalue weighted by Gasteiger charge is 2.30. The summed E-state index contributed by atoms with van der Waals surface area (Å²) < 4.78 is 28.2. The van der Waals surface area contributed by atoms with Gasteiger partial charge in [-0.3, -0.25) is 9.69 Å². The number of furan rings is 1. The number of carbonyl (C=O) groups is 1. The van der Waals surface area contributed by atoms with Crippen molar-refractivity contribution in [1.82, 2.24) is 9.80 Å². The normalized spacial score (nSPS) is 23.4. The number of piperazine rings is 1. The number of sulfone groups is 1. The molecule has 0 aromatic carbocycles. The van der Waals surface area contributed by atoms with Crippen LogP contribution in [-0.4, -0.2) is 67.9 Å². The second-order valence-electron chi connectivity index (χ2n) is 6.09.